The quantitative estimate of drug-likeness (QED) is 0.745. The second kappa shape index (κ2) is 5.09. The number of nitrogens with two attached hydrogens (primary N) is 1. The number of rotatable bonds is 2. The monoisotopic (exact) mass is 328 g/mol. The molecule has 20 heavy (non-hydrogen) atoms. The molecule has 5 heteroatoms. The van der Waals surface area contributed by atoms with Crippen LogP contribution in [0.1, 0.15) is 5.56 Å². The largest absolute Gasteiger partial charge is 0.383 e. The molecule has 2 aromatic carbocycles. The molecule has 3 N–H and O–H groups in total. The summed E-state index contributed by atoms with van der Waals surface area (Å²) in [4.78, 5) is 8.80. The summed E-state index contributed by atoms with van der Waals surface area (Å²) in [6.45, 7) is 2.05. The number of hydrogen-bond acceptors (Lipinski definition) is 4. The van der Waals surface area contributed by atoms with E-state index in [1.165, 1.54) is 5.56 Å². The van der Waals surface area contributed by atoms with Crippen LogP contribution < -0.4 is 11.1 Å². The van der Waals surface area contributed by atoms with Crippen molar-refractivity contribution in [3.05, 3.63) is 52.5 Å². The van der Waals surface area contributed by atoms with Gasteiger partial charge in [0.15, 0.2) is 0 Å². The SMILES string of the molecule is Cc1ccc(Nc2nc(N)c3cccc(Br)c3n2)cc1. The molecule has 3 aromatic rings. The van der Waals surface area contributed by atoms with Gasteiger partial charge in [0.05, 0.1) is 5.52 Å². The highest BCUT2D eigenvalue weighted by atomic mass is 79.9. The molecule has 0 fully saturated rings. The maximum absolute atomic E-state index is 5.99. The van der Waals surface area contributed by atoms with E-state index in [0.29, 0.717) is 11.8 Å². The molecule has 0 unspecified atom stereocenters. The lowest BCUT2D eigenvalue weighted by molar-refractivity contribution is 1.22. The van der Waals surface area contributed by atoms with Gasteiger partial charge >= 0.3 is 0 Å². The molecule has 100 valence electrons. The minimum absolute atomic E-state index is 0.464. The van der Waals surface area contributed by atoms with E-state index in [-0.39, 0.29) is 0 Å². The number of aryl methyl sites for hydroxylation is 1. The molecule has 0 aliphatic carbocycles. The number of halogens is 1. The van der Waals surface area contributed by atoms with Crippen LogP contribution in [0, 0.1) is 6.92 Å². The zero-order valence-electron chi connectivity index (χ0n) is 10.9. The van der Waals surface area contributed by atoms with Crippen molar-refractivity contribution < 1.29 is 0 Å². The van der Waals surface area contributed by atoms with Gasteiger partial charge in [0.2, 0.25) is 5.95 Å². The molecule has 3 rings (SSSR count). The predicted molar refractivity (Wildman–Crippen MR) is 86.1 cm³/mol. The van der Waals surface area contributed by atoms with Gasteiger partial charge in [-0.3, -0.25) is 0 Å². The number of nitrogens with zero attached hydrogens (tertiary/aromatic N) is 2. The van der Waals surface area contributed by atoms with Gasteiger partial charge in [-0.2, -0.15) is 4.98 Å². The minimum Gasteiger partial charge on any atom is -0.383 e. The van der Waals surface area contributed by atoms with Crippen molar-refractivity contribution in [3.63, 3.8) is 0 Å². The van der Waals surface area contributed by atoms with Crippen molar-refractivity contribution >= 4 is 44.3 Å². The first-order valence-corrected chi connectivity index (χ1v) is 6.98. The third kappa shape index (κ3) is 2.44. The lowest BCUT2D eigenvalue weighted by atomic mass is 10.2. The van der Waals surface area contributed by atoms with E-state index in [0.717, 1.165) is 21.1 Å². The molecule has 0 radical (unpaired) electrons. The molecule has 0 bridgehead atoms. The van der Waals surface area contributed by atoms with Crippen LogP contribution in [0.15, 0.2) is 46.9 Å². The Kier molecular flexibility index (Phi) is 3.28. The van der Waals surface area contributed by atoms with E-state index in [9.17, 15) is 0 Å². The molecule has 1 heterocycles. The topological polar surface area (TPSA) is 63.8 Å². The van der Waals surface area contributed by atoms with Crippen LogP contribution in [0.25, 0.3) is 10.9 Å². The number of hydrogen-bond donors (Lipinski definition) is 2. The minimum atomic E-state index is 0.464. The Bertz CT molecular complexity index is 769. The number of nitrogen functional groups attached to an aromatic ring is 1. The van der Waals surface area contributed by atoms with Crippen molar-refractivity contribution in [2.24, 2.45) is 0 Å². The van der Waals surface area contributed by atoms with Crippen molar-refractivity contribution in [2.45, 2.75) is 6.92 Å². The molecule has 0 spiro atoms. The Morgan fingerprint density at radius 1 is 1.05 bits per heavy atom. The fraction of sp³-hybridized carbons (Fsp3) is 0.0667. The molecule has 1 aromatic heterocycles. The molecule has 0 saturated carbocycles. The Hall–Kier alpha value is -2.14. The zero-order valence-corrected chi connectivity index (χ0v) is 12.5. The number of fused-ring (bicyclic) bond motifs is 1. The maximum atomic E-state index is 5.99. The second-order valence-corrected chi connectivity index (χ2v) is 5.41. The average Bonchev–Trinajstić information content (AvgIpc) is 2.43. The molecule has 4 nitrogen and oxygen atoms in total. The van der Waals surface area contributed by atoms with E-state index in [2.05, 4.69) is 31.2 Å². The Balaban J connectivity index is 2.04. The number of aromatic nitrogens is 2. The van der Waals surface area contributed by atoms with Crippen LogP contribution in [0.3, 0.4) is 0 Å². The highest BCUT2D eigenvalue weighted by Crippen LogP contribution is 2.27. The smallest absolute Gasteiger partial charge is 0.229 e. The summed E-state index contributed by atoms with van der Waals surface area (Å²) >= 11 is 3.49. The normalized spacial score (nSPS) is 10.7. The first kappa shape index (κ1) is 12.9. The molecule has 0 aliphatic heterocycles. The van der Waals surface area contributed by atoms with Crippen molar-refractivity contribution in [1.82, 2.24) is 9.97 Å². The first-order valence-electron chi connectivity index (χ1n) is 6.19. The van der Waals surface area contributed by atoms with Crippen LogP contribution in [0.2, 0.25) is 0 Å². The highest BCUT2D eigenvalue weighted by molar-refractivity contribution is 9.10. The molecular weight excluding hydrogens is 316 g/mol. The fourth-order valence-electron chi connectivity index (χ4n) is 1.96. The Morgan fingerprint density at radius 3 is 2.55 bits per heavy atom. The third-order valence-electron chi connectivity index (χ3n) is 3.01. The van der Waals surface area contributed by atoms with Gasteiger partial charge in [0.1, 0.15) is 5.82 Å². The summed E-state index contributed by atoms with van der Waals surface area (Å²) in [6, 6.07) is 13.8. The van der Waals surface area contributed by atoms with Gasteiger partial charge < -0.3 is 11.1 Å². The van der Waals surface area contributed by atoms with Gasteiger partial charge in [-0.15, -0.1) is 0 Å². The van der Waals surface area contributed by atoms with E-state index in [1.54, 1.807) is 0 Å². The number of para-hydroxylation sites is 1. The second-order valence-electron chi connectivity index (χ2n) is 4.56. The van der Waals surface area contributed by atoms with Crippen LogP contribution in [0.4, 0.5) is 17.5 Å². The van der Waals surface area contributed by atoms with Gasteiger partial charge in [-0.1, -0.05) is 23.8 Å². The number of benzene rings is 2. The Labute approximate surface area is 125 Å². The zero-order chi connectivity index (χ0) is 14.1. The maximum Gasteiger partial charge on any atom is 0.229 e. The molecule has 0 amide bonds. The van der Waals surface area contributed by atoms with Gasteiger partial charge in [-0.25, -0.2) is 4.98 Å². The van der Waals surface area contributed by atoms with Crippen LogP contribution in [-0.4, -0.2) is 9.97 Å². The predicted octanol–water partition coefficient (Wildman–Crippen LogP) is 4.03. The standard InChI is InChI=1S/C15H13BrN4/c1-9-5-7-10(8-6-9)18-15-19-13-11(14(17)20-15)3-2-4-12(13)16/h2-8H,1H3,(H3,17,18,19,20). The summed E-state index contributed by atoms with van der Waals surface area (Å²) in [6.07, 6.45) is 0. The van der Waals surface area contributed by atoms with Gasteiger partial charge in [0.25, 0.3) is 0 Å². The number of nitrogens with one attached hydrogen (secondary N) is 1. The average molecular weight is 329 g/mol. The fourth-order valence-corrected chi connectivity index (χ4v) is 2.42. The summed E-state index contributed by atoms with van der Waals surface area (Å²) in [5.74, 6) is 0.955. The lowest BCUT2D eigenvalue weighted by Gasteiger charge is -2.08. The summed E-state index contributed by atoms with van der Waals surface area (Å²) in [7, 11) is 0. The molecule has 0 saturated heterocycles. The molecule has 0 aliphatic rings. The summed E-state index contributed by atoms with van der Waals surface area (Å²) < 4.78 is 0.899. The van der Waals surface area contributed by atoms with Crippen LogP contribution >= 0.6 is 15.9 Å². The molecular formula is C15H13BrN4. The van der Waals surface area contributed by atoms with Crippen LogP contribution in [0.5, 0.6) is 0 Å². The highest BCUT2D eigenvalue weighted by Gasteiger charge is 2.07. The van der Waals surface area contributed by atoms with Crippen molar-refractivity contribution in [3.8, 4) is 0 Å². The van der Waals surface area contributed by atoms with E-state index in [4.69, 9.17) is 5.73 Å². The first-order chi connectivity index (χ1) is 9.63. The van der Waals surface area contributed by atoms with E-state index >= 15 is 0 Å². The van der Waals surface area contributed by atoms with Crippen molar-refractivity contribution in [2.75, 3.05) is 11.1 Å². The van der Waals surface area contributed by atoms with Crippen LogP contribution in [-0.2, 0) is 0 Å². The summed E-state index contributed by atoms with van der Waals surface area (Å²) in [5.41, 5.74) is 8.93. The lowest BCUT2D eigenvalue weighted by Crippen LogP contribution is -2.01. The molecule has 0 atom stereocenters. The third-order valence-corrected chi connectivity index (χ3v) is 3.65. The van der Waals surface area contributed by atoms with Gasteiger partial charge in [-0.05, 0) is 47.1 Å². The van der Waals surface area contributed by atoms with E-state index in [1.807, 2.05) is 49.4 Å². The van der Waals surface area contributed by atoms with E-state index < -0.39 is 0 Å². The Morgan fingerprint density at radius 2 is 1.80 bits per heavy atom. The number of anilines is 3. The van der Waals surface area contributed by atoms with Crippen molar-refractivity contribution in [1.29, 1.82) is 0 Å². The summed E-state index contributed by atoms with van der Waals surface area (Å²) in [5, 5.41) is 4.01. The van der Waals surface area contributed by atoms with Gasteiger partial charge in [0, 0.05) is 15.5 Å².